The molecule has 2 unspecified atom stereocenters. The first-order chi connectivity index (χ1) is 17.3. The van der Waals surface area contributed by atoms with Crippen molar-refractivity contribution in [3.05, 3.63) is 23.3 Å². The molecule has 11 nitrogen and oxygen atoms in total. The third-order valence-electron chi connectivity index (χ3n) is 5.41. The number of carbonyl (C=O) groups is 2. The topological polar surface area (TPSA) is 133 Å². The van der Waals surface area contributed by atoms with Crippen LogP contribution in [0.5, 0.6) is 23.0 Å². The quantitative estimate of drug-likeness (QED) is 0.141. The highest BCUT2D eigenvalue weighted by molar-refractivity contribution is 7.88. The maximum absolute atomic E-state index is 12.9. The highest BCUT2D eigenvalue weighted by atomic mass is 32.2. The van der Waals surface area contributed by atoms with E-state index in [1.54, 1.807) is 0 Å². The van der Waals surface area contributed by atoms with Crippen LogP contribution in [0.4, 0.5) is 13.2 Å². The van der Waals surface area contributed by atoms with Crippen LogP contribution in [-0.4, -0.2) is 67.0 Å². The maximum atomic E-state index is 12.9. The molecule has 204 valence electrons. The lowest BCUT2D eigenvalue weighted by molar-refractivity contribution is -0.143. The average Bonchev–Trinajstić information content (AvgIpc) is 3.19. The van der Waals surface area contributed by atoms with Crippen molar-refractivity contribution in [2.24, 2.45) is 0 Å². The molecule has 0 radical (unpaired) electrons. The smallest absolute Gasteiger partial charge is 0.496 e. The van der Waals surface area contributed by atoms with Crippen LogP contribution in [-0.2, 0) is 29.1 Å². The molecular formula is C22H23F3O11S. The first-order valence-corrected chi connectivity index (χ1v) is 11.8. The largest absolute Gasteiger partial charge is 0.534 e. The van der Waals surface area contributed by atoms with Gasteiger partial charge in [0.05, 0.1) is 44.3 Å². The molecule has 1 fully saturated rings. The van der Waals surface area contributed by atoms with Gasteiger partial charge in [-0.05, 0) is 13.0 Å². The van der Waals surface area contributed by atoms with Crippen LogP contribution in [0.1, 0.15) is 35.4 Å². The molecule has 1 aliphatic heterocycles. The van der Waals surface area contributed by atoms with Gasteiger partial charge in [-0.15, -0.1) is 0 Å². The number of rotatable bonds is 10. The second-order valence-corrected chi connectivity index (χ2v) is 9.21. The number of esters is 1. The molecule has 0 amide bonds. The van der Waals surface area contributed by atoms with Crippen LogP contribution in [0.15, 0.2) is 12.1 Å². The molecule has 37 heavy (non-hydrogen) atoms. The van der Waals surface area contributed by atoms with Gasteiger partial charge in [0.2, 0.25) is 0 Å². The van der Waals surface area contributed by atoms with Crippen LogP contribution in [0.2, 0.25) is 0 Å². The number of cyclic esters (lactones) is 1. The lowest BCUT2D eigenvalue weighted by Gasteiger charge is -2.26. The van der Waals surface area contributed by atoms with E-state index in [1.807, 2.05) is 0 Å². The first-order valence-electron chi connectivity index (χ1n) is 10.4. The Kier molecular flexibility index (Phi) is 8.09. The Morgan fingerprint density at radius 2 is 1.73 bits per heavy atom. The van der Waals surface area contributed by atoms with Crippen molar-refractivity contribution in [3.8, 4) is 23.0 Å². The van der Waals surface area contributed by atoms with E-state index in [-0.39, 0.29) is 52.4 Å². The number of methoxy groups -OCH3 is 4. The molecule has 2 aromatic carbocycles. The Labute approximate surface area is 209 Å². The minimum atomic E-state index is -6.03. The predicted molar refractivity (Wildman–Crippen MR) is 119 cm³/mol. The predicted octanol–water partition coefficient (Wildman–Crippen LogP) is 3.27. The highest BCUT2D eigenvalue weighted by Gasteiger charge is 2.49. The van der Waals surface area contributed by atoms with Gasteiger partial charge in [0.25, 0.3) is 0 Å². The van der Waals surface area contributed by atoms with Gasteiger partial charge in [-0.2, -0.15) is 21.6 Å². The summed E-state index contributed by atoms with van der Waals surface area (Å²) in [6, 6.07) is 1.82. The number of halogens is 3. The number of ketones is 1. The zero-order chi connectivity index (χ0) is 27.7. The molecule has 2 atom stereocenters. The minimum absolute atomic E-state index is 0.0474. The normalized spacial score (nSPS) is 18.0. The Bertz CT molecular complexity index is 1320. The Balaban J connectivity index is 2.41. The van der Waals surface area contributed by atoms with Crippen LogP contribution in [0.3, 0.4) is 0 Å². The summed E-state index contributed by atoms with van der Waals surface area (Å²) in [5.41, 5.74) is -5.79. The molecular weight excluding hydrogens is 529 g/mol. The van der Waals surface area contributed by atoms with Gasteiger partial charge in [0.15, 0.2) is 11.9 Å². The molecule has 15 heteroatoms. The first kappa shape index (κ1) is 28.3. The molecule has 1 heterocycles. The number of benzene rings is 2. The van der Waals surface area contributed by atoms with Gasteiger partial charge in [-0.3, -0.25) is 9.59 Å². The number of hydrogen-bond donors (Lipinski definition) is 0. The standard InChI is InChI=1S/C22H23F3O11S/c1-10(26)16-18(20-14(34-9-30-2)8-15(27)35-20)21(33-5)17-12(19(16)32-4)6-11(7-13(17)31-3)36-37(28,29)22(23,24)25/h6-7,14,20H,8-9H2,1-5H3. The average molecular weight is 552 g/mol. The summed E-state index contributed by atoms with van der Waals surface area (Å²) in [5.74, 6) is -2.40. The van der Waals surface area contributed by atoms with Gasteiger partial charge in [-0.1, -0.05) is 0 Å². The van der Waals surface area contributed by atoms with Gasteiger partial charge in [0.1, 0.15) is 35.9 Å². The van der Waals surface area contributed by atoms with E-state index < -0.39 is 45.3 Å². The third-order valence-corrected chi connectivity index (χ3v) is 6.39. The molecule has 0 aromatic heterocycles. The second-order valence-electron chi connectivity index (χ2n) is 7.67. The summed E-state index contributed by atoms with van der Waals surface area (Å²) < 4.78 is 98.6. The van der Waals surface area contributed by atoms with Crippen LogP contribution in [0.25, 0.3) is 10.8 Å². The molecule has 1 aliphatic rings. The highest BCUT2D eigenvalue weighted by Crippen LogP contribution is 2.51. The van der Waals surface area contributed by atoms with Crippen molar-refractivity contribution in [2.45, 2.75) is 31.1 Å². The summed E-state index contributed by atoms with van der Waals surface area (Å²) in [6.45, 7) is 0.984. The van der Waals surface area contributed by atoms with E-state index in [4.69, 9.17) is 28.4 Å². The number of carbonyl (C=O) groups excluding carboxylic acids is 2. The van der Waals surface area contributed by atoms with E-state index in [0.717, 1.165) is 12.1 Å². The van der Waals surface area contributed by atoms with Crippen LogP contribution in [0, 0.1) is 0 Å². The van der Waals surface area contributed by atoms with Crippen molar-refractivity contribution in [3.63, 3.8) is 0 Å². The third kappa shape index (κ3) is 5.24. The van der Waals surface area contributed by atoms with Crippen molar-refractivity contribution in [1.29, 1.82) is 0 Å². The molecule has 0 aliphatic carbocycles. The number of alkyl halides is 3. The monoisotopic (exact) mass is 552 g/mol. The Hall–Kier alpha value is -3.30. The Morgan fingerprint density at radius 3 is 2.24 bits per heavy atom. The lowest BCUT2D eigenvalue weighted by atomic mass is 9.90. The molecule has 3 rings (SSSR count). The SMILES string of the molecule is COCOC1CC(=O)OC1c1c(C(C)=O)c(OC)c2cc(OS(=O)(=O)C(F)(F)F)cc(OC)c2c1OC. The zero-order valence-corrected chi connectivity index (χ0v) is 21.1. The number of Topliss-reactive ketones (excluding diaryl/α,β-unsaturated/α-hetero) is 1. The molecule has 0 N–H and O–H groups in total. The van der Waals surface area contributed by atoms with Crippen molar-refractivity contribution in [2.75, 3.05) is 35.2 Å². The summed E-state index contributed by atoms with van der Waals surface area (Å²) in [6.07, 6.45) is -2.23. The van der Waals surface area contributed by atoms with Crippen molar-refractivity contribution in [1.82, 2.24) is 0 Å². The number of hydrogen-bond acceptors (Lipinski definition) is 11. The fourth-order valence-corrected chi connectivity index (χ4v) is 4.46. The fraction of sp³-hybridized carbons (Fsp3) is 0.455. The fourth-order valence-electron chi connectivity index (χ4n) is 4.02. The van der Waals surface area contributed by atoms with E-state index in [9.17, 15) is 31.2 Å². The number of fused-ring (bicyclic) bond motifs is 1. The van der Waals surface area contributed by atoms with Gasteiger partial charge in [-0.25, -0.2) is 0 Å². The summed E-state index contributed by atoms with van der Waals surface area (Å²) in [4.78, 5) is 25.1. The lowest BCUT2D eigenvalue weighted by Crippen LogP contribution is -2.28. The van der Waals surface area contributed by atoms with Gasteiger partial charge in [0, 0.05) is 18.6 Å². The number of ether oxygens (including phenoxy) is 6. The Morgan fingerprint density at radius 1 is 1.08 bits per heavy atom. The molecule has 0 saturated carbocycles. The summed E-state index contributed by atoms with van der Waals surface area (Å²) >= 11 is 0. The van der Waals surface area contributed by atoms with Crippen LogP contribution < -0.4 is 18.4 Å². The van der Waals surface area contributed by atoms with Gasteiger partial charge >= 0.3 is 21.6 Å². The molecule has 0 bridgehead atoms. The van der Waals surface area contributed by atoms with E-state index in [1.165, 1.54) is 35.4 Å². The molecule has 2 aromatic rings. The van der Waals surface area contributed by atoms with Crippen molar-refractivity contribution < 1.29 is 63.8 Å². The molecule has 0 spiro atoms. The summed E-state index contributed by atoms with van der Waals surface area (Å²) in [7, 11) is -1.06. The minimum Gasteiger partial charge on any atom is -0.496 e. The van der Waals surface area contributed by atoms with E-state index >= 15 is 0 Å². The van der Waals surface area contributed by atoms with Crippen LogP contribution >= 0.6 is 0 Å². The van der Waals surface area contributed by atoms with Crippen molar-refractivity contribution >= 4 is 32.6 Å². The summed E-state index contributed by atoms with van der Waals surface area (Å²) in [5, 5.41) is 0.00533. The van der Waals surface area contributed by atoms with E-state index in [0.29, 0.717) is 0 Å². The second kappa shape index (κ2) is 10.6. The zero-order valence-electron chi connectivity index (χ0n) is 20.3. The van der Waals surface area contributed by atoms with E-state index in [2.05, 4.69) is 4.18 Å². The molecule has 1 saturated heterocycles. The van der Waals surface area contributed by atoms with Gasteiger partial charge < -0.3 is 32.6 Å². The maximum Gasteiger partial charge on any atom is 0.534 e.